The van der Waals surface area contributed by atoms with Crippen LogP contribution in [-0.2, 0) is 16.3 Å². The van der Waals surface area contributed by atoms with E-state index in [2.05, 4.69) is 0 Å². The summed E-state index contributed by atoms with van der Waals surface area (Å²) in [7, 11) is 0. The first kappa shape index (κ1) is 19.9. The van der Waals surface area contributed by atoms with Crippen molar-refractivity contribution in [3.8, 4) is 5.75 Å². The molecule has 0 spiro atoms. The number of rotatable bonds is 2. The van der Waals surface area contributed by atoms with Gasteiger partial charge in [-0.25, -0.2) is 0 Å². The summed E-state index contributed by atoms with van der Waals surface area (Å²) >= 11 is 0. The second-order valence-electron chi connectivity index (χ2n) is 8.94. The molecule has 0 saturated heterocycles. The van der Waals surface area contributed by atoms with E-state index in [9.17, 15) is 19.8 Å². The topological polar surface area (TPSA) is 98.0 Å². The van der Waals surface area contributed by atoms with Crippen molar-refractivity contribution in [1.29, 1.82) is 0 Å². The Morgan fingerprint density at radius 2 is 2.00 bits per heavy atom. The maximum atomic E-state index is 13.6. The Kier molecular flexibility index (Phi) is 4.51. The Balaban J connectivity index is 2.02. The lowest BCUT2D eigenvalue weighted by atomic mass is 9.61. The van der Waals surface area contributed by atoms with Gasteiger partial charge in [0.05, 0.1) is 22.8 Å². The van der Waals surface area contributed by atoms with Crippen molar-refractivity contribution in [3.05, 3.63) is 40.2 Å². The van der Waals surface area contributed by atoms with Gasteiger partial charge in [-0.2, -0.15) is 0 Å². The van der Waals surface area contributed by atoms with E-state index >= 15 is 0 Å². The van der Waals surface area contributed by atoms with Gasteiger partial charge < -0.3 is 19.7 Å². The minimum atomic E-state index is -1.30. The molecule has 0 amide bonds. The van der Waals surface area contributed by atoms with Crippen LogP contribution >= 0.6 is 0 Å². The maximum Gasteiger partial charge on any atom is 0.304 e. The summed E-state index contributed by atoms with van der Waals surface area (Å²) in [5.74, 6) is -0.776. The van der Waals surface area contributed by atoms with Gasteiger partial charge in [0.15, 0.2) is 6.73 Å². The van der Waals surface area contributed by atoms with Gasteiger partial charge in [0, 0.05) is 24.1 Å². The van der Waals surface area contributed by atoms with Crippen LogP contribution in [0.4, 0.5) is 0 Å². The Labute approximate surface area is 168 Å². The molecule has 2 heterocycles. The number of aromatic nitrogens is 1. The zero-order chi connectivity index (χ0) is 21.1. The molecule has 29 heavy (non-hydrogen) atoms. The molecule has 2 aromatic rings. The summed E-state index contributed by atoms with van der Waals surface area (Å²) in [5.41, 5.74) is -1.37. The van der Waals surface area contributed by atoms with Gasteiger partial charge in [-0.05, 0) is 45.7 Å². The van der Waals surface area contributed by atoms with Crippen LogP contribution in [0.1, 0.15) is 52.0 Å². The molecule has 0 bridgehead atoms. The fourth-order valence-electron chi connectivity index (χ4n) is 4.95. The fraction of sp³-hybridized carbons (Fsp3) is 0.545. The van der Waals surface area contributed by atoms with Crippen molar-refractivity contribution < 1.29 is 24.5 Å². The second kappa shape index (κ2) is 6.57. The number of pyridine rings is 1. The SMILES string of the molecule is CC(=O)OCn1c(=O)c2c(c3ccccc31)OC(C)(C)[C@@H]1CC[C@@](C)(O)[C@@H](O)[C@@H]21. The van der Waals surface area contributed by atoms with Crippen LogP contribution < -0.4 is 10.3 Å². The van der Waals surface area contributed by atoms with Crippen LogP contribution in [0.15, 0.2) is 29.1 Å². The molecule has 4 rings (SSSR count). The van der Waals surface area contributed by atoms with E-state index in [0.29, 0.717) is 35.1 Å². The third-order valence-electron chi connectivity index (χ3n) is 6.52. The number of hydrogen-bond donors (Lipinski definition) is 2. The standard InChI is InChI=1S/C22H27NO6/c1-12(24)28-11-23-15-8-6-5-7-13(15)18-17(20(23)26)16-14(21(2,3)29-18)9-10-22(4,27)19(16)25/h5-8,14,16,19,25,27H,9-11H2,1-4H3/t14-,16-,19+,22-/m1/s1. The highest BCUT2D eigenvalue weighted by molar-refractivity contribution is 5.87. The average Bonchev–Trinajstić information content (AvgIpc) is 2.63. The summed E-state index contributed by atoms with van der Waals surface area (Å²) in [6.45, 7) is 6.58. The van der Waals surface area contributed by atoms with Crippen molar-refractivity contribution in [2.45, 2.75) is 70.5 Å². The molecule has 1 aromatic heterocycles. The summed E-state index contributed by atoms with van der Waals surface area (Å²) in [4.78, 5) is 24.9. The zero-order valence-electron chi connectivity index (χ0n) is 17.1. The highest BCUT2D eigenvalue weighted by Gasteiger charge is 2.55. The molecule has 0 radical (unpaired) electrons. The molecule has 1 aliphatic heterocycles. The van der Waals surface area contributed by atoms with Crippen molar-refractivity contribution in [2.75, 3.05) is 0 Å². The maximum absolute atomic E-state index is 13.6. The van der Waals surface area contributed by atoms with Gasteiger partial charge in [0.1, 0.15) is 11.4 Å². The normalized spacial score (nSPS) is 30.2. The molecule has 1 fully saturated rings. The minimum Gasteiger partial charge on any atom is -0.486 e. The van der Waals surface area contributed by atoms with E-state index in [1.54, 1.807) is 19.1 Å². The Bertz CT molecular complexity index is 1040. The molecular formula is C22H27NO6. The molecule has 7 nitrogen and oxygen atoms in total. The first-order valence-electron chi connectivity index (χ1n) is 9.93. The number of nitrogens with zero attached hydrogens (tertiary/aromatic N) is 1. The van der Waals surface area contributed by atoms with Gasteiger partial charge in [-0.3, -0.25) is 14.2 Å². The molecule has 1 saturated carbocycles. The van der Waals surface area contributed by atoms with Crippen molar-refractivity contribution >= 4 is 16.9 Å². The number of hydrogen-bond acceptors (Lipinski definition) is 6. The first-order valence-corrected chi connectivity index (χ1v) is 9.93. The molecule has 156 valence electrons. The number of aliphatic hydroxyl groups is 2. The number of esters is 1. The van der Waals surface area contributed by atoms with E-state index in [1.807, 2.05) is 26.0 Å². The van der Waals surface area contributed by atoms with Crippen LogP contribution in [0.25, 0.3) is 10.9 Å². The lowest BCUT2D eigenvalue weighted by Gasteiger charge is -2.52. The second-order valence-corrected chi connectivity index (χ2v) is 8.94. The average molecular weight is 401 g/mol. The van der Waals surface area contributed by atoms with Crippen LogP contribution in [0.2, 0.25) is 0 Å². The van der Waals surface area contributed by atoms with Crippen LogP contribution in [0.3, 0.4) is 0 Å². The third-order valence-corrected chi connectivity index (χ3v) is 6.52. The quantitative estimate of drug-likeness (QED) is 0.750. The molecule has 7 heteroatoms. The molecule has 0 unspecified atom stereocenters. The number of carbonyl (C=O) groups is 1. The lowest BCUT2D eigenvalue weighted by molar-refractivity contribution is -0.145. The van der Waals surface area contributed by atoms with Gasteiger partial charge in [0.25, 0.3) is 5.56 Å². The molecule has 2 aliphatic rings. The number of benzene rings is 1. The predicted molar refractivity (Wildman–Crippen MR) is 107 cm³/mol. The molecule has 1 aromatic carbocycles. The Hall–Kier alpha value is -2.38. The van der Waals surface area contributed by atoms with Crippen molar-refractivity contribution in [2.24, 2.45) is 5.92 Å². The van der Waals surface area contributed by atoms with Crippen LogP contribution in [-0.4, -0.2) is 38.1 Å². The van der Waals surface area contributed by atoms with Gasteiger partial charge in [-0.1, -0.05) is 12.1 Å². The van der Waals surface area contributed by atoms with E-state index in [4.69, 9.17) is 9.47 Å². The number of carbonyl (C=O) groups excluding carboxylic acids is 1. The van der Waals surface area contributed by atoms with E-state index in [0.717, 1.165) is 0 Å². The van der Waals surface area contributed by atoms with Gasteiger partial charge >= 0.3 is 5.97 Å². The van der Waals surface area contributed by atoms with Crippen LogP contribution in [0, 0.1) is 5.92 Å². The monoisotopic (exact) mass is 401 g/mol. The van der Waals surface area contributed by atoms with Crippen LogP contribution in [0.5, 0.6) is 5.75 Å². The largest absolute Gasteiger partial charge is 0.486 e. The van der Waals surface area contributed by atoms with E-state index in [-0.39, 0.29) is 18.2 Å². The number of aliphatic hydroxyl groups excluding tert-OH is 1. The third kappa shape index (κ3) is 3.04. The Morgan fingerprint density at radius 3 is 2.69 bits per heavy atom. The smallest absolute Gasteiger partial charge is 0.304 e. The zero-order valence-corrected chi connectivity index (χ0v) is 17.1. The molecule has 4 atom stereocenters. The highest BCUT2D eigenvalue weighted by atomic mass is 16.5. The number of para-hydroxylation sites is 1. The lowest BCUT2D eigenvalue weighted by Crippen LogP contribution is -2.58. The predicted octanol–water partition coefficient (Wildman–Crippen LogP) is 2.30. The molecular weight excluding hydrogens is 374 g/mol. The first-order chi connectivity index (χ1) is 13.5. The van der Waals surface area contributed by atoms with Crippen molar-refractivity contribution in [3.63, 3.8) is 0 Å². The van der Waals surface area contributed by atoms with E-state index in [1.165, 1.54) is 11.5 Å². The Morgan fingerprint density at radius 1 is 1.31 bits per heavy atom. The van der Waals surface area contributed by atoms with Gasteiger partial charge in [-0.15, -0.1) is 0 Å². The number of ether oxygens (including phenoxy) is 2. The molecule has 2 N–H and O–H groups in total. The van der Waals surface area contributed by atoms with E-state index < -0.39 is 29.2 Å². The van der Waals surface area contributed by atoms with Crippen molar-refractivity contribution in [1.82, 2.24) is 4.57 Å². The van der Waals surface area contributed by atoms with Gasteiger partial charge in [0.2, 0.25) is 0 Å². The summed E-state index contributed by atoms with van der Waals surface area (Å²) in [6.07, 6.45) is -0.0662. The summed E-state index contributed by atoms with van der Waals surface area (Å²) in [6, 6.07) is 7.27. The summed E-state index contributed by atoms with van der Waals surface area (Å²) < 4.78 is 12.9. The summed E-state index contributed by atoms with van der Waals surface area (Å²) in [5, 5.41) is 22.5. The highest BCUT2D eigenvalue weighted by Crippen LogP contribution is 2.54. The minimum absolute atomic E-state index is 0.138. The molecule has 1 aliphatic carbocycles. The fourth-order valence-corrected chi connectivity index (χ4v) is 4.95. The number of fused-ring (bicyclic) bond motifs is 5.